The van der Waals surface area contributed by atoms with Gasteiger partial charge in [0.25, 0.3) is 0 Å². The molecule has 0 aliphatic rings. The first kappa shape index (κ1) is 15.9. The third-order valence-electron chi connectivity index (χ3n) is 3.13. The van der Waals surface area contributed by atoms with Crippen LogP contribution in [-0.4, -0.2) is 17.4 Å². The predicted octanol–water partition coefficient (Wildman–Crippen LogP) is 4.63. The molecule has 1 atom stereocenters. The molecule has 1 N–H and O–H groups in total. The Morgan fingerprint density at radius 1 is 0.875 bits per heavy atom. The van der Waals surface area contributed by atoms with Gasteiger partial charge in [-0.15, -0.1) is 0 Å². The molecule has 0 aromatic carbocycles. The van der Waals surface area contributed by atoms with E-state index in [1.54, 1.807) is 0 Å². The van der Waals surface area contributed by atoms with Crippen LogP contribution < -0.4 is 0 Å². The van der Waals surface area contributed by atoms with E-state index in [0.29, 0.717) is 6.42 Å². The zero-order valence-corrected chi connectivity index (χ0v) is 11.1. The summed E-state index contributed by atoms with van der Waals surface area (Å²) in [5.74, 6) is 0. The smallest absolute Gasteiger partial charge is 0.131 e. The molecule has 16 heavy (non-hydrogen) atoms. The topological polar surface area (TPSA) is 20.2 Å². The molecule has 0 bridgehead atoms. The molecule has 0 saturated carbocycles. The van der Waals surface area contributed by atoms with Gasteiger partial charge in [-0.05, 0) is 13.3 Å². The average molecular weight is 232 g/mol. The van der Waals surface area contributed by atoms with Crippen molar-refractivity contribution in [3.05, 3.63) is 0 Å². The van der Waals surface area contributed by atoms with Crippen LogP contribution in [0.5, 0.6) is 0 Å². The first-order valence-corrected chi connectivity index (χ1v) is 6.92. The Balaban J connectivity index is 3.10. The predicted molar refractivity (Wildman–Crippen MR) is 68.4 cm³/mol. The maximum Gasteiger partial charge on any atom is 0.131 e. The second-order valence-corrected chi connectivity index (χ2v) is 5.15. The third-order valence-corrected chi connectivity index (χ3v) is 3.13. The van der Waals surface area contributed by atoms with E-state index in [9.17, 15) is 4.39 Å². The fourth-order valence-corrected chi connectivity index (χ4v) is 1.88. The van der Waals surface area contributed by atoms with Crippen LogP contribution in [-0.2, 0) is 0 Å². The Morgan fingerprint density at radius 3 is 1.75 bits per heavy atom. The van der Waals surface area contributed by atoms with Crippen molar-refractivity contribution in [1.82, 2.24) is 0 Å². The highest BCUT2D eigenvalue weighted by Crippen LogP contribution is 2.19. The first-order valence-electron chi connectivity index (χ1n) is 6.92. The highest BCUT2D eigenvalue weighted by molar-refractivity contribution is 4.70. The Labute approximate surface area is 100 Å². The van der Waals surface area contributed by atoms with Gasteiger partial charge in [-0.25, -0.2) is 4.39 Å². The van der Waals surface area contributed by atoms with E-state index in [4.69, 9.17) is 5.11 Å². The van der Waals surface area contributed by atoms with E-state index in [1.807, 2.05) is 0 Å². The molecule has 0 amide bonds. The standard InChI is InChI=1S/C14H29FO/c1-3-4-5-6-7-8-9-10-11-12-14(2,15)13-16/h16H,3-13H2,1-2H3. The fourth-order valence-electron chi connectivity index (χ4n) is 1.88. The molecule has 0 aromatic rings. The molecule has 0 fully saturated rings. The van der Waals surface area contributed by atoms with Gasteiger partial charge < -0.3 is 5.11 Å². The lowest BCUT2D eigenvalue weighted by molar-refractivity contribution is 0.0772. The van der Waals surface area contributed by atoms with Gasteiger partial charge >= 0.3 is 0 Å². The van der Waals surface area contributed by atoms with Gasteiger partial charge in [-0.2, -0.15) is 0 Å². The van der Waals surface area contributed by atoms with Crippen molar-refractivity contribution in [2.24, 2.45) is 0 Å². The van der Waals surface area contributed by atoms with Crippen molar-refractivity contribution in [3.8, 4) is 0 Å². The summed E-state index contributed by atoms with van der Waals surface area (Å²) in [5, 5.41) is 8.74. The molecule has 98 valence electrons. The first-order chi connectivity index (χ1) is 7.62. The van der Waals surface area contributed by atoms with Crippen LogP contribution in [0.25, 0.3) is 0 Å². The molecular weight excluding hydrogens is 203 g/mol. The normalized spacial score (nSPS) is 15.0. The quantitative estimate of drug-likeness (QED) is 0.515. The van der Waals surface area contributed by atoms with Crippen molar-refractivity contribution in [1.29, 1.82) is 0 Å². The molecule has 2 heteroatoms. The van der Waals surface area contributed by atoms with Gasteiger partial charge in [0, 0.05) is 0 Å². The van der Waals surface area contributed by atoms with Crippen molar-refractivity contribution < 1.29 is 9.50 Å². The SMILES string of the molecule is CCCCCCCCCCCC(C)(F)CO. The number of aliphatic hydroxyl groups excluding tert-OH is 1. The Hall–Kier alpha value is -0.110. The monoisotopic (exact) mass is 232 g/mol. The van der Waals surface area contributed by atoms with Gasteiger partial charge in [-0.3, -0.25) is 0 Å². The Kier molecular flexibility index (Phi) is 10.0. The Morgan fingerprint density at radius 2 is 1.31 bits per heavy atom. The second kappa shape index (κ2) is 10.1. The zero-order chi connectivity index (χ0) is 12.3. The van der Waals surface area contributed by atoms with E-state index >= 15 is 0 Å². The molecule has 0 radical (unpaired) electrons. The van der Waals surface area contributed by atoms with E-state index in [1.165, 1.54) is 51.9 Å². The molecule has 0 spiro atoms. The maximum atomic E-state index is 13.3. The van der Waals surface area contributed by atoms with E-state index in [2.05, 4.69) is 6.92 Å². The number of hydrogen-bond acceptors (Lipinski definition) is 1. The van der Waals surface area contributed by atoms with Gasteiger partial charge in [-0.1, -0.05) is 64.7 Å². The van der Waals surface area contributed by atoms with Gasteiger partial charge in [0.05, 0.1) is 6.61 Å². The van der Waals surface area contributed by atoms with E-state index in [0.717, 1.165) is 12.8 Å². The molecule has 0 aromatic heterocycles. The minimum Gasteiger partial charge on any atom is -0.393 e. The minimum absolute atomic E-state index is 0.343. The molecular formula is C14H29FO. The van der Waals surface area contributed by atoms with Gasteiger partial charge in [0.2, 0.25) is 0 Å². The molecule has 0 rings (SSSR count). The molecule has 0 aliphatic heterocycles. The third kappa shape index (κ3) is 10.4. The lowest BCUT2D eigenvalue weighted by Crippen LogP contribution is -2.22. The molecule has 0 heterocycles. The molecule has 1 unspecified atom stereocenters. The van der Waals surface area contributed by atoms with Crippen LogP contribution >= 0.6 is 0 Å². The van der Waals surface area contributed by atoms with Crippen LogP contribution in [0.2, 0.25) is 0 Å². The molecule has 1 nitrogen and oxygen atoms in total. The summed E-state index contributed by atoms with van der Waals surface area (Å²) in [7, 11) is 0. The van der Waals surface area contributed by atoms with Crippen molar-refractivity contribution >= 4 is 0 Å². The minimum atomic E-state index is -1.36. The zero-order valence-electron chi connectivity index (χ0n) is 11.1. The number of halogens is 1. The second-order valence-electron chi connectivity index (χ2n) is 5.15. The van der Waals surface area contributed by atoms with Crippen LogP contribution in [0.3, 0.4) is 0 Å². The van der Waals surface area contributed by atoms with E-state index in [-0.39, 0.29) is 6.61 Å². The van der Waals surface area contributed by atoms with Crippen molar-refractivity contribution in [2.45, 2.75) is 83.7 Å². The largest absolute Gasteiger partial charge is 0.393 e. The summed E-state index contributed by atoms with van der Waals surface area (Å²) in [5.41, 5.74) is -1.36. The van der Waals surface area contributed by atoms with Crippen LogP contribution in [0.15, 0.2) is 0 Å². The molecule has 0 saturated heterocycles. The number of aliphatic hydroxyl groups is 1. The maximum absolute atomic E-state index is 13.3. The lowest BCUT2D eigenvalue weighted by Gasteiger charge is -2.16. The lowest BCUT2D eigenvalue weighted by atomic mass is 10.00. The van der Waals surface area contributed by atoms with Gasteiger partial charge in [0.1, 0.15) is 5.67 Å². The van der Waals surface area contributed by atoms with Crippen molar-refractivity contribution in [3.63, 3.8) is 0 Å². The summed E-state index contributed by atoms with van der Waals surface area (Å²) in [6.07, 6.45) is 11.7. The summed E-state index contributed by atoms with van der Waals surface area (Å²) in [6, 6.07) is 0. The summed E-state index contributed by atoms with van der Waals surface area (Å²) >= 11 is 0. The van der Waals surface area contributed by atoms with Crippen LogP contribution in [0, 0.1) is 0 Å². The Bertz CT molecular complexity index is 146. The summed E-state index contributed by atoms with van der Waals surface area (Å²) < 4.78 is 13.3. The fraction of sp³-hybridized carbons (Fsp3) is 1.00. The number of unbranched alkanes of at least 4 members (excludes halogenated alkanes) is 8. The number of hydrogen-bond donors (Lipinski definition) is 1. The van der Waals surface area contributed by atoms with Crippen molar-refractivity contribution in [2.75, 3.05) is 6.61 Å². The number of alkyl halides is 1. The molecule has 0 aliphatic carbocycles. The summed E-state index contributed by atoms with van der Waals surface area (Å²) in [6.45, 7) is 3.37. The van der Waals surface area contributed by atoms with E-state index < -0.39 is 5.67 Å². The highest BCUT2D eigenvalue weighted by atomic mass is 19.1. The van der Waals surface area contributed by atoms with Gasteiger partial charge in [0.15, 0.2) is 0 Å². The van der Waals surface area contributed by atoms with Crippen LogP contribution in [0.4, 0.5) is 4.39 Å². The highest BCUT2D eigenvalue weighted by Gasteiger charge is 2.20. The van der Waals surface area contributed by atoms with Crippen LogP contribution in [0.1, 0.15) is 78.1 Å². The average Bonchev–Trinajstić information content (AvgIpc) is 2.27. The summed E-state index contributed by atoms with van der Waals surface area (Å²) in [4.78, 5) is 0. The number of rotatable bonds is 11.